The van der Waals surface area contributed by atoms with Crippen LogP contribution in [0, 0.1) is 0 Å². The zero-order chi connectivity index (χ0) is 27.3. The summed E-state index contributed by atoms with van der Waals surface area (Å²) >= 11 is 3.47. The van der Waals surface area contributed by atoms with Crippen LogP contribution in [0.4, 0.5) is 0 Å². The van der Waals surface area contributed by atoms with E-state index in [0.29, 0.717) is 24.1 Å². The van der Waals surface area contributed by atoms with Crippen molar-refractivity contribution < 1.29 is 23.5 Å². The van der Waals surface area contributed by atoms with E-state index in [4.69, 9.17) is 13.9 Å². The maximum atomic E-state index is 12.5. The molecule has 4 rings (SSSR count). The summed E-state index contributed by atoms with van der Waals surface area (Å²) in [6.45, 7) is 6.26. The van der Waals surface area contributed by atoms with Gasteiger partial charge in [-0.05, 0) is 53.8 Å². The van der Waals surface area contributed by atoms with Crippen LogP contribution in [0.1, 0.15) is 42.3 Å². The summed E-state index contributed by atoms with van der Waals surface area (Å²) in [5.74, 6) is -0.325. The molecular weight excluding hydrogens is 550 g/mol. The van der Waals surface area contributed by atoms with Crippen molar-refractivity contribution in [3.05, 3.63) is 104 Å². The Morgan fingerprint density at radius 1 is 0.974 bits per heavy atom. The van der Waals surface area contributed by atoms with Crippen LogP contribution in [-0.4, -0.2) is 25.0 Å². The predicted octanol–water partition coefficient (Wildman–Crippen LogP) is 5.81. The molecule has 0 unspecified atom stereocenters. The minimum Gasteiger partial charge on any atom is -0.482 e. The maximum absolute atomic E-state index is 12.5. The molecule has 0 fully saturated rings. The largest absolute Gasteiger partial charge is 0.482 e. The minimum absolute atomic E-state index is 0.0899. The lowest BCUT2D eigenvalue weighted by Crippen LogP contribution is -2.29. The standard InChI is InChI=1S/C30H28BrNO6/c1-30(2,3)24-16-21(31)10-12-25(24)36-18-27(33)37-22-11-9-20-15-23(29(35)38-26(20)17-22)28(34)32-14-13-19-7-5-4-6-8-19/h4-12,15-17H,13-14,18H2,1-3H3,(H,32,34). The van der Waals surface area contributed by atoms with Gasteiger partial charge in [-0.1, -0.05) is 67.0 Å². The number of carbonyl (C=O) groups is 2. The first-order valence-electron chi connectivity index (χ1n) is 12.1. The van der Waals surface area contributed by atoms with Crippen molar-refractivity contribution >= 4 is 38.8 Å². The van der Waals surface area contributed by atoms with Crippen molar-refractivity contribution in [1.82, 2.24) is 5.32 Å². The number of esters is 1. The van der Waals surface area contributed by atoms with Gasteiger partial charge in [0.15, 0.2) is 6.61 Å². The quantitative estimate of drug-likeness (QED) is 0.161. The number of amides is 1. The number of carbonyl (C=O) groups excluding carboxylic acids is 2. The van der Waals surface area contributed by atoms with Gasteiger partial charge in [-0.2, -0.15) is 0 Å². The predicted molar refractivity (Wildman–Crippen MR) is 149 cm³/mol. The highest BCUT2D eigenvalue weighted by Gasteiger charge is 2.20. The van der Waals surface area contributed by atoms with Crippen molar-refractivity contribution in [3.63, 3.8) is 0 Å². The minimum atomic E-state index is -0.772. The van der Waals surface area contributed by atoms with Crippen molar-refractivity contribution in [2.45, 2.75) is 32.6 Å². The summed E-state index contributed by atoms with van der Waals surface area (Å²) in [5, 5.41) is 3.28. The van der Waals surface area contributed by atoms with Crippen LogP contribution in [-0.2, 0) is 16.6 Å². The molecule has 8 heteroatoms. The smallest absolute Gasteiger partial charge is 0.349 e. The van der Waals surface area contributed by atoms with E-state index in [1.807, 2.05) is 42.5 Å². The highest BCUT2D eigenvalue weighted by Crippen LogP contribution is 2.33. The van der Waals surface area contributed by atoms with Crippen LogP contribution < -0.4 is 20.4 Å². The monoisotopic (exact) mass is 577 g/mol. The normalized spacial score (nSPS) is 11.3. The molecule has 0 aliphatic rings. The number of nitrogens with one attached hydrogen (secondary N) is 1. The first kappa shape index (κ1) is 27.1. The fraction of sp³-hybridized carbons (Fsp3) is 0.233. The first-order valence-corrected chi connectivity index (χ1v) is 12.9. The number of hydrogen-bond donors (Lipinski definition) is 1. The van der Waals surface area contributed by atoms with Gasteiger partial charge in [-0.3, -0.25) is 4.79 Å². The second kappa shape index (κ2) is 11.6. The van der Waals surface area contributed by atoms with Gasteiger partial charge in [0, 0.05) is 28.0 Å². The molecule has 196 valence electrons. The Hall–Kier alpha value is -3.91. The molecule has 4 aromatic rings. The summed E-state index contributed by atoms with van der Waals surface area (Å²) < 4.78 is 17.4. The van der Waals surface area contributed by atoms with Crippen molar-refractivity contribution in [3.8, 4) is 11.5 Å². The lowest BCUT2D eigenvalue weighted by Gasteiger charge is -2.23. The third kappa shape index (κ3) is 6.89. The van der Waals surface area contributed by atoms with Gasteiger partial charge >= 0.3 is 11.6 Å². The average Bonchev–Trinajstić information content (AvgIpc) is 2.87. The van der Waals surface area contributed by atoms with E-state index in [1.54, 1.807) is 18.2 Å². The van der Waals surface area contributed by atoms with Gasteiger partial charge in [0.25, 0.3) is 5.91 Å². The van der Waals surface area contributed by atoms with E-state index in [1.165, 1.54) is 12.1 Å². The van der Waals surface area contributed by atoms with E-state index in [-0.39, 0.29) is 28.9 Å². The summed E-state index contributed by atoms with van der Waals surface area (Å²) in [6, 6.07) is 21.4. The van der Waals surface area contributed by atoms with E-state index < -0.39 is 17.5 Å². The number of halogens is 1. The highest BCUT2D eigenvalue weighted by molar-refractivity contribution is 9.10. The van der Waals surface area contributed by atoms with Gasteiger partial charge in [0.1, 0.15) is 22.6 Å². The van der Waals surface area contributed by atoms with Gasteiger partial charge in [-0.15, -0.1) is 0 Å². The Morgan fingerprint density at radius 2 is 1.74 bits per heavy atom. The van der Waals surface area contributed by atoms with E-state index >= 15 is 0 Å². The number of ether oxygens (including phenoxy) is 2. The lowest BCUT2D eigenvalue weighted by molar-refractivity contribution is -0.136. The van der Waals surface area contributed by atoms with E-state index in [2.05, 4.69) is 42.0 Å². The molecule has 38 heavy (non-hydrogen) atoms. The summed E-state index contributed by atoms with van der Waals surface area (Å²) in [4.78, 5) is 37.5. The number of hydrogen-bond acceptors (Lipinski definition) is 6. The molecule has 1 heterocycles. The van der Waals surface area contributed by atoms with Crippen LogP contribution >= 0.6 is 15.9 Å². The van der Waals surface area contributed by atoms with Gasteiger partial charge in [-0.25, -0.2) is 9.59 Å². The topological polar surface area (TPSA) is 94.8 Å². The summed E-state index contributed by atoms with van der Waals surface area (Å²) in [5.41, 5.74) is 1.19. The lowest BCUT2D eigenvalue weighted by atomic mass is 9.86. The molecule has 0 aliphatic heterocycles. The SMILES string of the molecule is CC(C)(C)c1cc(Br)ccc1OCC(=O)Oc1ccc2cc(C(=O)NCCc3ccccc3)c(=O)oc2c1. The molecule has 0 saturated carbocycles. The third-order valence-corrected chi connectivity index (χ3v) is 6.31. The Morgan fingerprint density at radius 3 is 2.47 bits per heavy atom. The van der Waals surface area contributed by atoms with Crippen molar-refractivity contribution in [1.29, 1.82) is 0 Å². The molecule has 0 bridgehead atoms. The molecule has 7 nitrogen and oxygen atoms in total. The molecular formula is C30H28BrNO6. The molecule has 1 aromatic heterocycles. The Balaban J connectivity index is 1.39. The second-order valence-electron chi connectivity index (χ2n) is 9.79. The molecule has 0 spiro atoms. The molecule has 0 aliphatic carbocycles. The second-order valence-corrected chi connectivity index (χ2v) is 10.7. The van der Waals surface area contributed by atoms with Crippen LogP contribution in [0.5, 0.6) is 11.5 Å². The van der Waals surface area contributed by atoms with Crippen molar-refractivity contribution in [2.24, 2.45) is 0 Å². The van der Waals surface area contributed by atoms with Gasteiger partial charge in [0.05, 0.1) is 0 Å². The highest BCUT2D eigenvalue weighted by atomic mass is 79.9. The summed E-state index contributed by atoms with van der Waals surface area (Å²) in [6.07, 6.45) is 0.642. The van der Waals surface area contributed by atoms with E-state index in [9.17, 15) is 14.4 Å². The number of benzene rings is 3. The zero-order valence-corrected chi connectivity index (χ0v) is 23.0. The fourth-order valence-corrected chi connectivity index (χ4v) is 4.25. The first-order chi connectivity index (χ1) is 18.1. The molecule has 0 saturated heterocycles. The zero-order valence-electron chi connectivity index (χ0n) is 21.4. The molecule has 3 aromatic carbocycles. The molecule has 0 atom stereocenters. The molecule has 1 amide bonds. The Kier molecular flexibility index (Phi) is 8.32. The van der Waals surface area contributed by atoms with Crippen LogP contribution in [0.25, 0.3) is 11.0 Å². The third-order valence-electron chi connectivity index (χ3n) is 5.82. The van der Waals surface area contributed by atoms with Gasteiger partial charge < -0.3 is 19.2 Å². The number of rotatable bonds is 8. The summed E-state index contributed by atoms with van der Waals surface area (Å²) in [7, 11) is 0. The maximum Gasteiger partial charge on any atom is 0.349 e. The van der Waals surface area contributed by atoms with Gasteiger partial charge in [0.2, 0.25) is 0 Å². The Labute approximate surface area is 228 Å². The van der Waals surface area contributed by atoms with Crippen molar-refractivity contribution in [2.75, 3.05) is 13.2 Å². The number of fused-ring (bicyclic) bond motifs is 1. The molecule has 1 N–H and O–H groups in total. The fourth-order valence-electron chi connectivity index (χ4n) is 3.89. The Bertz CT molecular complexity index is 1520. The molecule has 0 radical (unpaired) electrons. The average molecular weight is 578 g/mol. The van der Waals surface area contributed by atoms with Crippen LogP contribution in [0.3, 0.4) is 0 Å². The van der Waals surface area contributed by atoms with Crippen LogP contribution in [0.15, 0.2) is 86.5 Å². The van der Waals surface area contributed by atoms with E-state index in [0.717, 1.165) is 15.6 Å². The van der Waals surface area contributed by atoms with Crippen LogP contribution in [0.2, 0.25) is 0 Å².